The van der Waals surface area contributed by atoms with Gasteiger partial charge in [0.25, 0.3) is 0 Å². The Hall–Kier alpha value is 1.25. The molecule has 0 amide bonds. The first-order chi connectivity index (χ1) is 5.16. The third-order valence-electron chi connectivity index (χ3n) is 14.5. The Bertz CT molecular complexity index is 582. The van der Waals surface area contributed by atoms with Crippen molar-refractivity contribution in [3.8, 4) is 0 Å². The van der Waals surface area contributed by atoms with Crippen LogP contribution in [0.5, 0.6) is 0 Å². The van der Waals surface area contributed by atoms with E-state index >= 15 is 0 Å². The van der Waals surface area contributed by atoms with Crippen LogP contribution in [-0.4, -0.2) is 28.5 Å². The second kappa shape index (κ2) is 0.342. The Morgan fingerprint density at radius 3 is 0.615 bits per heavy atom. The molecule has 0 bridgehead atoms. The molecule has 3 heteroatoms. The van der Waals surface area contributed by atoms with Crippen LogP contribution in [0.25, 0.3) is 0 Å². The van der Waals surface area contributed by atoms with E-state index in [1.54, 1.807) is 48.2 Å². The molecule has 10 fully saturated rings. The number of hydrogen-bond acceptors (Lipinski definition) is 0. The normalized spacial score (nSPS) is 145. The maximum Gasteiger partial charge on any atom is 0.316 e. The maximum absolute atomic E-state index is 2.28. The maximum atomic E-state index is 1.59. The van der Waals surface area contributed by atoms with Gasteiger partial charge < -0.3 is 5.48 Å². The van der Waals surface area contributed by atoms with E-state index in [0.717, 1.165) is 0 Å². The van der Waals surface area contributed by atoms with Crippen molar-refractivity contribution in [1.29, 1.82) is 0 Å². The second-order valence-electron chi connectivity index (χ2n) is 9.58. The standard InChI is InChI=1S/2C5H5.Fe.Mg.H2O.2H/c2*1-2-4-5-3-1;;;;;/h2*1-5H;;;1H2;;. The Morgan fingerprint density at radius 2 is 0.615 bits per heavy atom. The molecule has 0 aliphatic carbocycles. The molecule has 10 rings (SSSR count). The summed E-state index contributed by atoms with van der Waals surface area (Å²) in [6.07, 6.45) is 0. The van der Waals surface area contributed by atoms with Gasteiger partial charge in [0.1, 0.15) is 0 Å². The van der Waals surface area contributed by atoms with Crippen molar-refractivity contribution in [2.45, 2.75) is 48.2 Å². The van der Waals surface area contributed by atoms with Crippen LogP contribution >= 0.6 is 0 Å². The van der Waals surface area contributed by atoms with Gasteiger partial charge in [-0.25, -0.2) is 0 Å². The average Bonchev–Trinajstić information content (AvgIpc) is 3.01. The molecule has 1 nitrogen and oxygen atoms in total. The van der Waals surface area contributed by atoms with Crippen LogP contribution in [-0.2, 0) is 6.51 Å². The Morgan fingerprint density at radius 1 is 0.462 bits per heavy atom. The Kier molecular flexibility index (Phi) is 0.146. The summed E-state index contributed by atoms with van der Waals surface area (Å²) in [5.74, 6) is 0. The molecule has 0 saturated carbocycles. The van der Waals surface area contributed by atoms with E-state index < -0.39 is 6.51 Å². The first-order valence-electron chi connectivity index (χ1n) is 5.37. The number of fused-ring (bicyclic) bond motifs is 10. The van der Waals surface area contributed by atoms with Crippen molar-refractivity contribution in [2.75, 3.05) is 0 Å². The molecular formula is C10H14FeMgO. The van der Waals surface area contributed by atoms with Gasteiger partial charge in [-0.15, -0.1) is 0 Å². The minimum absolute atomic E-state index is 0. The van der Waals surface area contributed by atoms with Crippen molar-refractivity contribution < 1.29 is 12.0 Å². The van der Waals surface area contributed by atoms with E-state index in [4.69, 9.17) is 0 Å². The molecule has 10 saturated heterocycles. The van der Waals surface area contributed by atoms with Crippen molar-refractivity contribution in [3.63, 3.8) is 0 Å². The van der Waals surface area contributed by atoms with Crippen LogP contribution in [0.4, 0.5) is 0 Å². The molecule has 0 radical (unpaired) electrons. The first kappa shape index (κ1) is 5.54. The molecular weight excluding hydrogens is 216 g/mol. The van der Waals surface area contributed by atoms with Crippen LogP contribution in [0, 0.1) is 0 Å². The first-order valence-corrected chi connectivity index (χ1v) is 11.7. The quantitative estimate of drug-likeness (QED) is 0.567. The summed E-state index contributed by atoms with van der Waals surface area (Å²) < 4.78 is 0. The van der Waals surface area contributed by atoms with E-state index in [9.17, 15) is 0 Å². The zero-order valence-electron chi connectivity index (χ0n) is 6.63. The van der Waals surface area contributed by atoms with Crippen molar-refractivity contribution in [3.05, 3.63) is 0 Å². The second-order valence-corrected chi connectivity index (χ2v) is 33.5. The SMILES string of the molecule is O.[CH]12[CH]3[CH]4[CH]5[CH]1[Fe]23451678[CH]2[CH]1[CH]6[CH]7[CH]28.[MgH2]. The average molecular weight is 230 g/mol. The molecule has 0 aromatic heterocycles. The fourth-order valence-electron chi connectivity index (χ4n) is 15.8. The zero-order chi connectivity index (χ0) is 6.09. The van der Waals surface area contributed by atoms with E-state index in [0.29, 0.717) is 0 Å². The van der Waals surface area contributed by atoms with Gasteiger partial charge >= 0.3 is 77.7 Å². The minimum Gasteiger partial charge on any atom is 0.316 e. The Labute approximate surface area is 82.8 Å². The summed E-state index contributed by atoms with van der Waals surface area (Å²) in [5.41, 5.74) is 0. The third-order valence-corrected chi connectivity index (χ3v) is 56.5. The summed E-state index contributed by atoms with van der Waals surface area (Å²) in [4.78, 5) is 15.9. The molecule has 70 valence electrons. The summed E-state index contributed by atoms with van der Waals surface area (Å²) in [5, 5.41) is 0. The molecule has 1 spiro atoms. The van der Waals surface area contributed by atoms with Gasteiger partial charge in [0.2, 0.25) is 0 Å². The van der Waals surface area contributed by atoms with E-state index in [1.165, 1.54) is 0 Å². The van der Waals surface area contributed by atoms with Gasteiger partial charge in [-0.3, -0.25) is 0 Å². The van der Waals surface area contributed by atoms with Crippen LogP contribution in [0.15, 0.2) is 0 Å². The fraction of sp³-hybridized carbons (Fsp3) is 1.00. The molecule has 10 heterocycles. The molecule has 10 aliphatic heterocycles. The number of rotatable bonds is 0. The third kappa shape index (κ3) is 0.0414. The van der Waals surface area contributed by atoms with Crippen LogP contribution in [0.3, 0.4) is 0 Å². The molecule has 0 unspecified atom stereocenters. The zero-order valence-corrected chi connectivity index (χ0v) is 7.73. The smallest absolute Gasteiger partial charge is 0.316 e. The molecule has 13 heavy (non-hydrogen) atoms. The summed E-state index contributed by atoms with van der Waals surface area (Å²) in [7, 11) is 0. The van der Waals surface area contributed by atoms with E-state index in [-0.39, 0.29) is 28.5 Å². The van der Waals surface area contributed by atoms with Gasteiger partial charge in [0.05, 0.1) is 0 Å². The van der Waals surface area contributed by atoms with Gasteiger partial charge in [-0.2, -0.15) is 0 Å². The predicted octanol–water partition coefficient (Wildman–Crippen LogP) is 1.63. The van der Waals surface area contributed by atoms with Crippen LogP contribution in [0.1, 0.15) is 0 Å². The topological polar surface area (TPSA) is 31.5 Å². The minimum atomic E-state index is -2.28. The van der Waals surface area contributed by atoms with Gasteiger partial charge in [-0.1, -0.05) is 0 Å². The molecule has 0 aromatic rings. The Balaban J connectivity index is 0.000000222. The molecule has 0 aromatic carbocycles. The number of hydrogen-bond donors (Lipinski definition) is 0. The summed E-state index contributed by atoms with van der Waals surface area (Å²) >= 11 is 0. The molecule has 0 atom stereocenters. The van der Waals surface area contributed by atoms with Crippen molar-refractivity contribution in [1.82, 2.24) is 0 Å². The monoisotopic (exact) mass is 230 g/mol. The summed E-state index contributed by atoms with van der Waals surface area (Å²) in [6, 6.07) is 0. The van der Waals surface area contributed by atoms with Crippen LogP contribution in [0.2, 0.25) is 48.2 Å². The molecule has 10 aliphatic rings. The fourth-order valence-corrected chi connectivity index (χ4v) is 88.0. The van der Waals surface area contributed by atoms with Crippen LogP contribution < -0.4 is 0 Å². The van der Waals surface area contributed by atoms with Crippen molar-refractivity contribution in [2.24, 2.45) is 0 Å². The largest absolute Gasteiger partial charge is 0.316 e. The van der Waals surface area contributed by atoms with E-state index in [2.05, 4.69) is 0 Å². The summed E-state index contributed by atoms with van der Waals surface area (Å²) in [6.45, 7) is -2.28. The van der Waals surface area contributed by atoms with Gasteiger partial charge in [0.15, 0.2) is 0 Å². The van der Waals surface area contributed by atoms with E-state index in [1.807, 2.05) is 0 Å². The van der Waals surface area contributed by atoms with Crippen molar-refractivity contribution >= 4 is 23.1 Å². The molecule has 2 N–H and O–H groups in total. The predicted molar refractivity (Wildman–Crippen MR) is 49.7 cm³/mol. The van der Waals surface area contributed by atoms with Gasteiger partial charge in [-0.05, 0) is 0 Å². The van der Waals surface area contributed by atoms with Gasteiger partial charge in [0, 0.05) is 0 Å².